The molecule has 0 saturated heterocycles. The molecule has 0 aromatic heterocycles. The van der Waals surface area contributed by atoms with Crippen LogP contribution in [-0.2, 0) is 23.8 Å². The van der Waals surface area contributed by atoms with Gasteiger partial charge in [0.15, 0.2) is 0 Å². The third-order valence-corrected chi connectivity index (χ3v) is 3.97. The van der Waals surface area contributed by atoms with Crippen molar-refractivity contribution in [3.8, 4) is 0 Å². The average molecular weight is 415 g/mol. The van der Waals surface area contributed by atoms with Crippen molar-refractivity contribution in [1.29, 1.82) is 0 Å². The van der Waals surface area contributed by atoms with Gasteiger partial charge in [0.2, 0.25) is 0 Å². The number of allylic oxidation sites excluding steroid dienone is 1. The Morgan fingerprint density at radius 1 is 1.07 bits per heavy atom. The fourth-order valence-corrected chi connectivity index (χ4v) is 3.04. The van der Waals surface area contributed by atoms with Gasteiger partial charge < -0.3 is 19.1 Å². The summed E-state index contributed by atoms with van der Waals surface area (Å²) in [5, 5.41) is 0. The monoisotopic (exact) mass is 415 g/mol. The van der Waals surface area contributed by atoms with Crippen LogP contribution >= 0.6 is 0 Å². The summed E-state index contributed by atoms with van der Waals surface area (Å²) in [7, 11) is 2.76. The molecule has 0 aromatic rings. The number of rotatable bonds is 7. The second kappa shape index (κ2) is 9.35. The lowest BCUT2D eigenvalue weighted by Crippen LogP contribution is -2.51. The largest absolute Gasteiger partial charge is 0.466 e. The van der Waals surface area contributed by atoms with Crippen molar-refractivity contribution in [3.63, 3.8) is 0 Å². The molecule has 11 heteroatoms. The molecule has 28 heavy (non-hydrogen) atoms. The first-order chi connectivity index (χ1) is 12.9. The Bertz CT molecular complexity index is 669. The quantitative estimate of drug-likeness (QED) is 0.471. The Hall–Kier alpha value is -2.17. The highest BCUT2D eigenvalue weighted by molar-refractivity contribution is 6.01. The number of carbonyl (C=O) groups is 2. The van der Waals surface area contributed by atoms with E-state index in [0.29, 0.717) is 0 Å². The molecule has 0 spiro atoms. The van der Waals surface area contributed by atoms with Gasteiger partial charge in [0.1, 0.15) is 18.5 Å². The lowest BCUT2D eigenvalue weighted by atomic mass is 9.83. The van der Waals surface area contributed by atoms with Gasteiger partial charge in [-0.05, 0) is 17.9 Å². The summed E-state index contributed by atoms with van der Waals surface area (Å²) >= 11 is 0. The first-order valence-corrected chi connectivity index (χ1v) is 8.17. The van der Waals surface area contributed by atoms with E-state index in [-0.39, 0.29) is 17.2 Å². The van der Waals surface area contributed by atoms with Crippen LogP contribution in [0.2, 0.25) is 0 Å². The van der Waals surface area contributed by atoms with Crippen LogP contribution in [0.15, 0.2) is 22.4 Å². The third-order valence-electron chi connectivity index (χ3n) is 3.97. The van der Waals surface area contributed by atoms with E-state index in [1.165, 1.54) is 0 Å². The molecule has 1 aliphatic heterocycles. The molecule has 0 fully saturated rings. The fraction of sp³-hybridized carbons (Fsp3) is 0.647. The van der Waals surface area contributed by atoms with Crippen LogP contribution in [0.3, 0.4) is 0 Å². The smallest absolute Gasteiger partial charge is 0.432 e. The van der Waals surface area contributed by atoms with Gasteiger partial charge >= 0.3 is 18.1 Å². The predicted molar refractivity (Wildman–Crippen MR) is 87.1 cm³/mol. The minimum Gasteiger partial charge on any atom is -0.466 e. The average Bonchev–Trinajstić information content (AvgIpc) is 2.58. The zero-order chi connectivity index (χ0) is 21.8. The van der Waals surface area contributed by atoms with E-state index < -0.39 is 59.7 Å². The number of ether oxygens (including phenoxy) is 3. The number of halogens is 5. The molecule has 1 heterocycles. The zero-order valence-electron chi connectivity index (χ0n) is 16.0. The van der Waals surface area contributed by atoms with Gasteiger partial charge in [-0.2, -0.15) is 13.2 Å². The Morgan fingerprint density at radius 2 is 1.61 bits per heavy atom. The summed E-state index contributed by atoms with van der Waals surface area (Å²) in [4.78, 5) is 24.7. The van der Waals surface area contributed by atoms with Crippen molar-refractivity contribution < 1.29 is 45.8 Å². The second-order valence-corrected chi connectivity index (χ2v) is 6.36. The number of hydrogen-bond acceptors (Lipinski definition) is 6. The van der Waals surface area contributed by atoms with E-state index in [1.54, 1.807) is 13.8 Å². The van der Waals surface area contributed by atoms with E-state index in [1.807, 2.05) is 0 Å². The number of alkyl halides is 5. The van der Waals surface area contributed by atoms with Gasteiger partial charge in [-0.1, -0.05) is 13.8 Å². The maximum Gasteiger partial charge on any atom is 0.432 e. The molecule has 1 atom stereocenters. The van der Waals surface area contributed by atoms with Crippen LogP contribution in [0.25, 0.3) is 0 Å². The Labute approximate surface area is 158 Å². The lowest BCUT2D eigenvalue weighted by Gasteiger charge is -2.41. The molecule has 6 nitrogen and oxygen atoms in total. The predicted octanol–water partition coefficient (Wildman–Crippen LogP) is 3.04. The highest BCUT2D eigenvalue weighted by Crippen LogP contribution is 2.44. The zero-order valence-corrected chi connectivity index (χ0v) is 16.0. The molecule has 0 aromatic carbocycles. The maximum absolute atomic E-state index is 13.9. The molecule has 1 rings (SSSR count). The van der Waals surface area contributed by atoms with Gasteiger partial charge in [-0.3, -0.25) is 0 Å². The first kappa shape index (κ1) is 23.9. The molecule has 0 aliphatic carbocycles. The van der Waals surface area contributed by atoms with Crippen molar-refractivity contribution in [2.45, 2.75) is 38.9 Å². The van der Waals surface area contributed by atoms with E-state index in [2.05, 4.69) is 14.2 Å². The Kier molecular flexibility index (Phi) is 7.97. The Balaban J connectivity index is 4.07. The SMILES string of the molecule is COCN1C(C(F)(F)F)=C(C(=O)OC)C(CC(C)C)=C(C(=O)OC)C1C(F)F. The van der Waals surface area contributed by atoms with Gasteiger partial charge in [0.05, 0.1) is 25.4 Å². The van der Waals surface area contributed by atoms with Crippen LogP contribution in [-0.4, -0.2) is 63.5 Å². The summed E-state index contributed by atoms with van der Waals surface area (Å²) in [5.74, 6) is -3.03. The molecule has 160 valence electrons. The number of nitrogens with zero attached hydrogens (tertiary/aromatic N) is 1. The fourth-order valence-electron chi connectivity index (χ4n) is 3.04. The lowest BCUT2D eigenvalue weighted by molar-refractivity contribution is -0.147. The van der Waals surface area contributed by atoms with Crippen LogP contribution < -0.4 is 0 Å². The number of methoxy groups -OCH3 is 3. The standard InChI is InChI=1S/C17H22F5NO5/c1-8(2)6-9-10(15(24)27-4)12(14(18)19)23(7-26-3)13(17(20,21)22)11(9)16(25)28-5/h8,12,14H,6-7H2,1-5H3. The Morgan fingerprint density at radius 3 is 1.96 bits per heavy atom. The van der Waals surface area contributed by atoms with Gasteiger partial charge in [-0.15, -0.1) is 0 Å². The normalized spacial score (nSPS) is 18.3. The van der Waals surface area contributed by atoms with Crippen molar-refractivity contribution in [3.05, 3.63) is 22.4 Å². The molecular weight excluding hydrogens is 393 g/mol. The van der Waals surface area contributed by atoms with Crippen LogP contribution in [0.1, 0.15) is 20.3 Å². The van der Waals surface area contributed by atoms with E-state index in [4.69, 9.17) is 0 Å². The van der Waals surface area contributed by atoms with E-state index >= 15 is 0 Å². The summed E-state index contributed by atoms with van der Waals surface area (Å²) in [6.07, 6.45) is -8.85. The minimum atomic E-state index is -5.20. The van der Waals surface area contributed by atoms with Crippen molar-refractivity contribution >= 4 is 11.9 Å². The van der Waals surface area contributed by atoms with Gasteiger partial charge in [-0.25, -0.2) is 18.4 Å². The molecule has 0 N–H and O–H groups in total. The second-order valence-electron chi connectivity index (χ2n) is 6.36. The van der Waals surface area contributed by atoms with Crippen molar-refractivity contribution in [2.75, 3.05) is 28.1 Å². The first-order valence-electron chi connectivity index (χ1n) is 8.17. The number of carbonyl (C=O) groups excluding carboxylic acids is 2. The molecular formula is C17H22F5NO5. The molecule has 0 bridgehead atoms. The van der Waals surface area contributed by atoms with Gasteiger partial charge in [0, 0.05) is 7.11 Å². The molecule has 0 amide bonds. The van der Waals surface area contributed by atoms with Gasteiger partial charge in [0.25, 0.3) is 6.43 Å². The summed E-state index contributed by atoms with van der Waals surface area (Å²) in [5.41, 5.74) is -3.84. The van der Waals surface area contributed by atoms with Crippen LogP contribution in [0, 0.1) is 5.92 Å². The van der Waals surface area contributed by atoms with Crippen LogP contribution in [0.4, 0.5) is 22.0 Å². The highest BCUT2D eigenvalue weighted by Gasteiger charge is 2.53. The van der Waals surface area contributed by atoms with E-state index in [0.717, 1.165) is 21.3 Å². The molecule has 1 aliphatic rings. The number of esters is 2. The molecule has 0 saturated carbocycles. The summed E-state index contributed by atoms with van der Waals surface area (Å²) in [6, 6.07) is -2.31. The van der Waals surface area contributed by atoms with E-state index in [9.17, 15) is 31.5 Å². The summed E-state index contributed by atoms with van der Waals surface area (Å²) < 4.78 is 83.0. The topological polar surface area (TPSA) is 65.1 Å². The molecule has 0 radical (unpaired) electrons. The van der Waals surface area contributed by atoms with Crippen molar-refractivity contribution in [1.82, 2.24) is 4.90 Å². The van der Waals surface area contributed by atoms with Crippen molar-refractivity contribution in [2.24, 2.45) is 5.92 Å². The summed E-state index contributed by atoms with van der Waals surface area (Å²) in [6.45, 7) is 2.26. The highest BCUT2D eigenvalue weighted by atomic mass is 19.4. The minimum absolute atomic E-state index is 0.146. The maximum atomic E-state index is 13.9. The third kappa shape index (κ3) is 4.81. The number of hydrogen-bond donors (Lipinski definition) is 0. The molecule has 1 unspecified atom stereocenters. The van der Waals surface area contributed by atoms with Crippen LogP contribution in [0.5, 0.6) is 0 Å².